The molecular formula is C19H19NO3S. The van der Waals surface area contributed by atoms with E-state index in [9.17, 15) is 9.59 Å². The Kier molecular flexibility index (Phi) is 4.10. The minimum atomic E-state index is -0.379. The summed E-state index contributed by atoms with van der Waals surface area (Å²) in [7, 11) is 0. The van der Waals surface area contributed by atoms with Crippen LogP contribution in [0.15, 0.2) is 30.3 Å². The molecule has 24 heavy (non-hydrogen) atoms. The third kappa shape index (κ3) is 2.84. The third-order valence-corrected chi connectivity index (χ3v) is 5.93. The van der Waals surface area contributed by atoms with Crippen LogP contribution in [0.1, 0.15) is 38.5 Å². The number of nitrogens with zero attached hydrogens (tertiary/aromatic N) is 1. The number of carbonyl (C=O) groups excluding carboxylic acids is 2. The van der Waals surface area contributed by atoms with Gasteiger partial charge in [0.2, 0.25) is 0 Å². The van der Waals surface area contributed by atoms with Gasteiger partial charge in [-0.05, 0) is 55.4 Å². The number of carbonyl (C=O) groups is 2. The third-order valence-electron chi connectivity index (χ3n) is 4.71. The number of aryl methyl sites for hydroxylation is 2. The number of amides is 1. The van der Waals surface area contributed by atoms with Crippen molar-refractivity contribution in [3.63, 3.8) is 0 Å². The maximum atomic E-state index is 12.4. The normalized spacial score (nSPS) is 15.8. The van der Waals surface area contributed by atoms with E-state index in [1.165, 1.54) is 40.2 Å². The van der Waals surface area contributed by atoms with E-state index in [2.05, 4.69) is 0 Å². The molecule has 1 amide bonds. The van der Waals surface area contributed by atoms with E-state index in [0.29, 0.717) is 11.4 Å². The summed E-state index contributed by atoms with van der Waals surface area (Å²) in [4.78, 5) is 28.3. The highest BCUT2D eigenvalue weighted by atomic mass is 32.1. The minimum Gasteiger partial charge on any atom is -0.451 e. The molecule has 1 aliphatic heterocycles. The van der Waals surface area contributed by atoms with Gasteiger partial charge in [0.05, 0.1) is 0 Å². The van der Waals surface area contributed by atoms with Crippen molar-refractivity contribution in [1.29, 1.82) is 0 Å². The molecular weight excluding hydrogens is 322 g/mol. The zero-order valence-corrected chi connectivity index (χ0v) is 14.2. The Labute approximate surface area is 145 Å². The van der Waals surface area contributed by atoms with Crippen LogP contribution in [0.4, 0.5) is 5.69 Å². The van der Waals surface area contributed by atoms with Gasteiger partial charge in [-0.25, -0.2) is 4.79 Å². The molecule has 124 valence electrons. The molecule has 0 spiro atoms. The van der Waals surface area contributed by atoms with Gasteiger partial charge < -0.3 is 9.64 Å². The van der Waals surface area contributed by atoms with Crippen molar-refractivity contribution < 1.29 is 14.3 Å². The Bertz CT molecular complexity index is 772. The number of esters is 1. The Morgan fingerprint density at radius 3 is 2.79 bits per heavy atom. The predicted octanol–water partition coefficient (Wildman–Crippen LogP) is 3.37. The van der Waals surface area contributed by atoms with Gasteiger partial charge in [-0.2, -0.15) is 0 Å². The Morgan fingerprint density at radius 1 is 1.08 bits per heavy atom. The monoisotopic (exact) mass is 341 g/mol. The molecule has 0 N–H and O–H groups in total. The first-order valence-corrected chi connectivity index (χ1v) is 9.21. The van der Waals surface area contributed by atoms with E-state index >= 15 is 0 Å². The standard InChI is InChI=1S/C19H19NO3S/c21-18(20-10-9-13-5-1-3-7-15(13)20)12-23-19(22)17-11-14-6-2-4-8-16(14)24-17/h1,3,5,7,11H,2,4,6,8-10,12H2. The molecule has 0 saturated carbocycles. The summed E-state index contributed by atoms with van der Waals surface area (Å²) in [6, 6.07) is 9.81. The molecule has 2 heterocycles. The Balaban J connectivity index is 1.39. The molecule has 0 radical (unpaired) electrons. The van der Waals surface area contributed by atoms with Crippen molar-refractivity contribution in [2.24, 2.45) is 0 Å². The molecule has 0 fully saturated rings. The highest BCUT2D eigenvalue weighted by Gasteiger charge is 2.25. The quantitative estimate of drug-likeness (QED) is 0.804. The van der Waals surface area contributed by atoms with Gasteiger partial charge >= 0.3 is 5.97 Å². The average molecular weight is 341 g/mol. The van der Waals surface area contributed by atoms with Crippen LogP contribution in [-0.4, -0.2) is 25.0 Å². The molecule has 1 aromatic heterocycles. The maximum Gasteiger partial charge on any atom is 0.348 e. The fraction of sp³-hybridized carbons (Fsp3) is 0.368. The molecule has 0 bridgehead atoms. The smallest absolute Gasteiger partial charge is 0.348 e. The number of ether oxygens (including phenoxy) is 1. The van der Waals surface area contributed by atoms with Gasteiger partial charge in [-0.1, -0.05) is 18.2 Å². The van der Waals surface area contributed by atoms with Crippen LogP contribution >= 0.6 is 11.3 Å². The molecule has 1 aliphatic carbocycles. The highest BCUT2D eigenvalue weighted by Crippen LogP contribution is 2.30. The number of anilines is 1. The topological polar surface area (TPSA) is 46.6 Å². The van der Waals surface area contributed by atoms with Crippen molar-refractivity contribution in [2.45, 2.75) is 32.1 Å². The summed E-state index contributed by atoms with van der Waals surface area (Å²) in [5.41, 5.74) is 3.38. The van der Waals surface area contributed by atoms with Gasteiger partial charge in [0.25, 0.3) is 5.91 Å². The number of hydrogen-bond acceptors (Lipinski definition) is 4. The molecule has 5 heteroatoms. The van der Waals surface area contributed by atoms with Crippen LogP contribution in [0.2, 0.25) is 0 Å². The molecule has 4 nitrogen and oxygen atoms in total. The number of benzene rings is 1. The lowest BCUT2D eigenvalue weighted by Crippen LogP contribution is -2.33. The summed E-state index contributed by atoms with van der Waals surface area (Å²) < 4.78 is 5.28. The summed E-state index contributed by atoms with van der Waals surface area (Å²) in [5, 5.41) is 0. The highest BCUT2D eigenvalue weighted by molar-refractivity contribution is 7.14. The van der Waals surface area contributed by atoms with Gasteiger partial charge in [0.15, 0.2) is 6.61 Å². The first-order valence-electron chi connectivity index (χ1n) is 8.39. The van der Waals surface area contributed by atoms with Crippen molar-refractivity contribution in [2.75, 3.05) is 18.1 Å². The molecule has 4 rings (SSSR count). The summed E-state index contributed by atoms with van der Waals surface area (Å²) in [6.45, 7) is 0.457. The molecule has 0 unspecified atom stereocenters. The fourth-order valence-corrected chi connectivity index (χ4v) is 4.61. The van der Waals surface area contributed by atoms with Crippen LogP contribution in [0.3, 0.4) is 0 Å². The van der Waals surface area contributed by atoms with Gasteiger partial charge in [-0.3, -0.25) is 4.79 Å². The first-order chi connectivity index (χ1) is 11.7. The average Bonchev–Trinajstić information content (AvgIpc) is 3.23. The predicted molar refractivity (Wildman–Crippen MR) is 93.7 cm³/mol. The largest absolute Gasteiger partial charge is 0.451 e. The van der Waals surface area contributed by atoms with Crippen molar-refractivity contribution in [3.05, 3.63) is 51.2 Å². The van der Waals surface area contributed by atoms with E-state index in [1.54, 1.807) is 4.90 Å². The Hall–Kier alpha value is -2.14. The zero-order valence-electron chi connectivity index (χ0n) is 13.4. The molecule has 2 aliphatic rings. The van der Waals surface area contributed by atoms with Crippen LogP contribution in [-0.2, 0) is 28.8 Å². The van der Waals surface area contributed by atoms with Crippen LogP contribution in [0, 0.1) is 0 Å². The number of rotatable bonds is 3. The van der Waals surface area contributed by atoms with E-state index in [1.807, 2.05) is 30.3 Å². The maximum absolute atomic E-state index is 12.4. The van der Waals surface area contributed by atoms with Gasteiger partial charge in [0.1, 0.15) is 4.88 Å². The zero-order chi connectivity index (χ0) is 16.5. The van der Waals surface area contributed by atoms with E-state index in [4.69, 9.17) is 4.74 Å². The molecule has 1 aromatic carbocycles. The lowest BCUT2D eigenvalue weighted by atomic mass is 9.99. The molecule has 0 atom stereocenters. The van der Waals surface area contributed by atoms with Gasteiger partial charge in [0, 0.05) is 17.1 Å². The summed E-state index contributed by atoms with van der Waals surface area (Å²) >= 11 is 1.52. The van der Waals surface area contributed by atoms with Crippen LogP contribution < -0.4 is 4.90 Å². The summed E-state index contributed by atoms with van der Waals surface area (Å²) in [6.07, 6.45) is 5.33. The number of para-hydroxylation sites is 1. The van der Waals surface area contributed by atoms with Crippen molar-refractivity contribution >= 4 is 28.9 Å². The number of fused-ring (bicyclic) bond motifs is 2. The number of hydrogen-bond donors (Lipinski definition) is 0. The summed E-state index contributed by atoms with van der Waals surface area (Å²) in [5.74, 6) is -0.537. The number of thiophene rings is 1. The van der Waals surface area contributed by atoms with Gasteiger partial charge in [-0.15, -0.1) is 11.3 Å². The van der Waals surface area contributed by atoms with Crippen molar-refractivity contribution in [3.8, 4) is 0 Å². The van der Waals surface area contributed by atoms with Crippen molar-refractivity contribution in [1.82, 2.24) is 0 Å². The lowest BCUT2D eigenvalue weighted by Gasteiger charge is -2.16. The van der Waals surface area contributed by atoms with E-state index in [0.717, 1.165) is 24.9 Å². The molecule has 0 saturated heterocycles. The van der Waals surface area contributed by atoms with E-state index in [-0.39, 0.29) is 18.5 Å². The van der Waals surface area contributed by atoms with E-state index < -0.39 is 0 Å². The second kappa shape index (κ2) is 6.40. The van der Waals surface area contributed by atoms with Crippen LogP contribution in [0.5, 0.6) is 0 Å². The minimum absolute atomic E-state index is 0.158. The molecule has 2 aromatic rings. The lowest BCUT2D eigenvalue weighted by molar-refractivity contribution is -0.121. The van der Waals surface area contributed by atoms with Crippen LogP contribution in [0.25, 0.3) is 0 Å². The Morgan fingerprint density at radius 2 is 1.92 bits per heavy atom. The second-order valence-electron chi connectivity index (χ2n) is 6.27. The first kappa shape index (κ1) is 15.4. The SMILES string of the molecule is O=C(OCC(=O)N1CCc2ccccc21)c1cc2c(s1)CCCC2. The fourth-order valence-electron chi connectivity index (χ4n) is 3.46. The second-order valence-corrected chi connectivity index (χ2v) is 7.40.